The summed E-state index contributed by atoms with van der Waals surface area (Å²) in [6.07, 6.45) is 4.68. The van der Waals surface area contributed by atoms with E-state index < -0.39 is 0 Å². The maximum Gasteiger partial charge on any atom is 0.259 e. The van der Waals surface area contributed by atoms with Crippen molar-refractivity contribution in [3.8, 4) is 0 Å². The van der Waals surface area contributed by atoms with Gasteiger partial charge in [-0.2, -0.15) is 0 Å². The Bertz CT molecular complexity index is 819. The summed E-state index contributed by atoms with van der Waals surface area (Å²) in [5.41, 5.74) is 2.03. The van der Waals surface area contributed by atoms with E-state index in [0.29, 0.717) is 16.3 Å². The number of fused-ring (bicyclic) bond motifs is 1. The fourth-order valence-corrected chi connectivity index (χ4v) is 2.29. The summed E-state index contributed by atoms with van der Waals surface area (Å²) in [6.45, 7) is 0. The van der Waals surface area contributed by atoms with Crippen LogP contribution in [0.4, 0.5) is 5.69 Å². The summed E-state index contributed by atoms with van der Waals surface area (Å²) < 4.78 is 0. The third kappa shape index (κ3) is 2.58. The van der Waals surface area contributed by atoms with E-state index >= 15 is 0 Å². The molecule has 0 saturated carbocycles. The van der Waals surface area contributed by atoms with E-state index in [1.807, 2.05) is 30.3 Å². The molecule has 0 aliphatic rings. The lowest BCUT2D eigenvalue weighted by Crippen LogP contribution is -2.26. The van der Waals surface area contributed by atoms with Crippen LogP contribution in [-0.4, -0.2) is 22.9 Å². The SMILES string of the molecule is CN(C(=O)c1ccncc1Cl)c1cnc2ccccc2c1. The van der Waals surface area contributed by atoms with Gasteiger partial charge in [-0.05, 0) is 18.2 Å². The molecule has 4 nitrogen and oxygen atoms in total. The molecule has 0 aliphatic heterocycles. The molecule has 0 fully saturated rings. The maximum absolute atomic E-state index is 12.5. The van der Waals surface area contributed by atoms with Crippen LogP contribution in [0.2, 0.25) is 5.02 Å². The molecule has 0 radical (unpaired) electrons. The van der Waals surface area contributed by atoms with Crippen LogP contribution in [0, 0.1) is 0 Å². The maximum atomic E-state index is 12.5. The fraction of sp³-hybridized carbons (Fsp3) is 0.0625. The minimum Gasteiger partial charge on any atom is -0.310 e. The van der Waals surface area contributed by atoms with Crippen molar-refractivity contribution in [2.24, 2.45) is 0 Å². The number of rotatable bonds is 2. The Morgan fingerprint density at radius 2 is 2.00 bits per heavy atom. The second kappa shape index (κ2) is 5.50. The number of carbonyl (C=O) groups excluding carboxylic acids is 1. The van der Waals surface area contributed by atoms with Gasteiger partial charge in [0, 0.05) is 24.8 Å². The van der Waals surface area contributed by atoms with Crippen LogP contribution in [0.3, 0.4) is 0 Å². The molecule has 2 aromatic heterocycles. The van der Waals surface area contributed by atoms with Gasteiger partial charge in [-0.3, -0.25) is 14.8 Å². The van der Waals surface area contributed by atoms with E-state index in [-0.39, 0.29) is 5.91 Å². The van der Waals surface area contributed by atoms with Crippen LogP contribution >= 0.6 is 11.6 Å². The largest absolute Gasteiger partial charge is 0.310 e. The zero-order valence-electron chi connectivity index (χ0n) is 11.3. The van der Waals surface area contributed by atoms with Crippen molar-refractivity contribution in [2.45, 2.75) is 0 Å². The third-order valence-corrected chi connectivity index (χ3v) is 3.57. The molecule has 1 aromatic carbocycles. The van der Waals surface area contributed by atoms with Gasteiger partial charge in [-0.1, -0.05) is 29.8 Å². The Hall–Kier alpha value is -2.46. The summed E-state index contributed by atoms with van der Waals surface area (Å²) >= 11 is 6.02. The van der Waals surface area contributed by atoms with Crippen LogP contribution in [-0.2, 0) is 0 Å². The highest BCUT2D eigenvalue weighted by atomic mass is 35.5. The first-order valence-corrected chi connectivity index (χ1v) is 6.77. The third-order valence-electron chi connectivity index (χ3n) is 3.27. The van der Waals surface area contributed by atoms with Gasteiger partial charge in [0.15, 0.2) is 0 Å². The number of nitrogens with zero attached hydrogens (tertiary/aromatic N) is 3. The van der Waals surface area contributed by atoms with E-state index in [4.69, 9.17) is 11.6 Å². The Labute approximate surface area is 127 Å². The van der Waals surface area contributed by atoms with Crippen molar-refractivity contribution in [3.63, 3.8) is 0 Å². The van der Waals surface area contributed by atoms with Crippen molar-refractivity contribution in [2.75, 3.05) is 11.9 Å². The van der Waals surface area contributed by atoms with Gasteiger partial charge in [0.25, 0.3) is 5.91 Å². The number of anilines is 1. The van der Waals surface area contributed by atoms with Crippen molar-refractivity contribution in [1.82, 2.24) is 9.97 Å². The fourth-order valence-electron chi connectivity index (χ4n) is 2.09. The van der Waals surface area contributed by atoms with Crippen molar-refractivity contribution in [1.29, 1.82) is 0 Å². The lowest BCUT2D eigenvalue weighted by Gasteiger charge is -2.18. The molecule has 3 aromatic rings. The number of hydrogen-bond donors (Lipinski definition) is 0. The van der Waals surface area contributed by atoms with Gasteiger partial charge in [-0.25, -0.2) is 0 Å². The Balaban J connectivity index is 1.98. The first kappa shape index (κ1) is 13.5. The molecular formula is C16H12ClN3O. The summed E-state index contributed by atoms with van der Waals surface area (Å²) in [6, 6.07) is 11.3. The molecular weight excluding hydrogens is 286 g/mol. The Morgan fingerprint density at radius 1 is 1.19 bits per heavy atom. The van der Waals surface area contributed by atoms with Gasteiger partial charge in [-0.15, -0.1) is 0 Å². The van der Waals surface area contributed by atoms with Crippen molar-refractivity contribution >= 4 is 34.1 Å². The van der Waals surface area contributed by atoms with Crippen LogP contribution in [0.5, 0.6) is 0 Å². The van der Waals surface area contributed by atoms with Crippen molar-refractivity contribution in [3.05, 3.63) is 65.6 Å². The molecule has 0 bridgehead atoms. The average molecular weight is 298 g/mol. The molecule has 2 heterocycles. The summed E-state index contributed by atoms with van der Waals surface area (Å²) in [5, 5.41) is 1.32. The second-order valence-electron chi connectivity index (χ2n) is 4.61. The molecule has 0 aliphatic carbocycles. The lowest BCUT2D eigenvalue weighted by molar-refractivity contribution is 0.0993. The highest BCUT2D eigenvalue weighted by Gasteiger charge is 2.16. The van der Waals surface area contributed by atoms with E-state index in [0.717, 1.165) is 10.9 Å². The number of benzene rings is 1. The van der Waals surface area contributed by atoms with Crippen LogP contribution in [0.25, 0.3) is 10.9 Å². The molecule has 3 rings (SSSR count). The molecule has 104 valence electrons. The number of amides is 1. The number of halogens is 1. The summed E-state index contributed by atoms with van der Waals surface area (Å²) in [5.74, 6) is -0.195. The van der Waals surface area contributed by atoms with E-state index in [9.17, 15) is 4.79 Å². The molecule has 0 spiro atoms. The molecule has 0 unspecified atom stereocenters. The van der Waals surface area contributed by atoms with Gasteiger partial charge in [0.05, 0.1) is 28.0 Å². The van der Waals surface area contributed by atoms with Gasteiger partial charge < -0.3 is 4.90 Å². The monoisotopic (exact) mass is 297 g/mol. The summed E-state index contributed by atoms with van der Waals surface area (Å²) in [4.78, 5) is 22.3. The second-order valence-corrected chi connectivity index (χ2v) is 5.01. The Kier molecular flexibility index (Phi) is 3.54. The number of para-hydroxylation sites is 1. The number of pyridine rings is 2. The van der Waals surface area contributed by atoms with E-state index in [2.05, 4.69) is 9.97 Å². The first-order chi connectivity index (χ1) is 10.2. The topological polar surface area (TPSA) is 46.1 Å². The molecule has 1 amide bonds. The zero-order valence-corrected chi connectivity index (χ0v) is 12.1. The average Bonchev–Trinajstić information content (AvgIpc) is 2.53. The number of carbonyl (C=O) groups is 1. The highest BCUT2D eigenvalue weighted by Crippen LogP contribution is 2.22. The molecule has 0 saturated heterocycles. The summed E-state index contributed by atoms with van der Waals surface area (Å²) in [7, 11) is 1.70. The molecule has 0 N–H and O–H groups in total. The van der Waals surface area contributed by atoms with E-state index in [1.165, 1.54) is 11.1 Å². The molecule has 21 heavy (non-hydrogen) atoms. The quantitative estimate of drug-likeness (QED) is 0.726. The predicted molar refractivity (Wildman–Crippen MR) is 83.7 cm³/mol. The first-order valence-electron chi connectivity index (χ1n) is 6.39. The Morgan fingerprint density at radius 3 is 2.81 bits per heavy atom. The molecule has 0 atom stereocenters. The zero-order chi connectivity index (χ0) is 14.8. The van der Waals surface area contributed by atoms with Gasteiger partial charge in [0.2, 0.25) is 0 Å². The normalized spacial score (nSPS) is 10.6. The minimum absolute atomic E-state index is 0.195. The van der Waals surface area contributed by atoms with Crippen molar-refractivity contribution < 1.29 is 4.79 Å². The standard InChI is InChI=1S/C16H12ClN3O/c1-20(16(21)13-6-7-18-10-14(13)17)12-8-11-4-2-3-5-15(11)19-9-12/h2-10H,1H3. The number of hydrogen-bond acceptors (Lipinski definition) is 3. The smallest absolute Gasteiger partial charge is 0.259 e. The number of aromatic nitrogens is 2. The lowest BCUT2D eigenvalue weighted by atomic mass is 10.2. The molecule has 5 heteroatoms. The van der Waals surface area contributed by atoms with Gasteiger partial charge in [0.1, 0.15) is 0 Å². The predicted octanol–water partition coefficient (Wildman–Crippen LogP) is 3.56. The van der Waals surface area contributed by atoms with Crippen LogP contribution in [0.1, 0.15) is 10.4 Å². The van der Waals surface area contributed by atoms with E-state index in [1.54, 1.807) is 25.5 Å². The highest BCUT2D eigenvalue weighted by molar-refractivity contribution is 6.34. The van der Waals surface area contributed by atoms with Crippen LogP contribution < -0.4 is 4.90 Å². The van der Waals surface area contributed by atoms with Gasteiger partial charge >= 0.3 is 0 Å². The van der Waals surface area contributed by atoms with Crippen LogP contribution in [0.15, 0.2) is 55.0 Å². The minimum atomic E-state index is -0.195.